The van der Waals surface area contributed by atoms with Gasteiger partial charge in [-0.05, 0) is 6.07 Å². The highest BCUT2D eigenvalue weighted by atomic mass is 35.5. The van der Waals surface area contributed by atoms with Crippen molar-refractivity contribution in [3.8, 4) is 5.75 Å². The van der Waals surface area contributed by atoms with E-state index in [0.717, 1.165) is 0 Å². The second-order valence-electron chi connectivity index (χ2n) is 4.89. The Hall–Kier alpha value is -2.66. The number of phenolic OH excluding ortho intramolecular Hbond substituents is 1. The van der Waals surface area contributed by atoms with Crippen molar-refractivity contribution in [1.82, 2.24) is 0 Å². The molecule has 0 radical (unpaired) electrons. The third-order valence-electron chi connectivity index (χ3n) is 3.44. The van der Waals surface area contributed by atoms with Gasteiger partial charge in [0.05, 0.1) is 10.6 Å². The zero-order valence-electron chi connectivity index (χ0n) is 11.4. The number of benzene rings is 2. The SMILES string of the molecule is CC(=O)Nc1c(Cl)cc2c(c1O)C(=O)c1ccccc1C2=O. The fourth-order valence-electron chi connectivity index (χ4n) is 2.50. The van der Waals surface area contributed by atoms with Crippen LogP contribution in [0.2, 0.25) is 5.02 Å². The largest absolute Gasteiger partial charge is 0.505 e. The minimum atomic E-state index is -0.495. The van der Waals surface area contributed by atoms with E-state index in [-0.39, 0.29) is 33.0 Å². The molecule has 0 atom stereocenters. The van der Waals surface area contributed by atoms with E-state index in [1.165, 1.54) is 19.1 Å². The van der Waals surface area contributed by atoms with Gasteiger partial charge in [-0.15, -0.1) is 0 Å². The maximum absolute atomic E-state index is 12.6. The summed E-state index contributed by atoms with van der Waals surface area (Å²) < 4.78 is 0. The normalized spacial score (nSPS) is 12.6. The van der Waals surface area contributed by atoms with Crippen LogP contribution in [0.1, 0.15) is 38.8 Å². The third-order valence-corrected chi connectivity index (χ3v) is 3.74. The summed E-state index contributed by atoms with van der Waals surface area (Å²) in [5.74, 6) is -1.82. The molecule has 0 saturated heterocycles. The molecule has 0 aliphatic heterocycles. The summed E-state index contributed by atoms with van der Waals surface area (Å²) in [7, 11) is 0. The molecule has 2 N–H and O–H groups in total. The Morgan fingerprint density at radius 2 is 1.68 bits per heavy atom. The Morgan fingerprint density at radius 3 is 2.27 bits per heavy atom. The van der Waals surface area contributed by atoms with Crippen molar-refractivity contribution in [2.45, 2.75) is 6.92 Å². The summed E-state index contributed by atoms with van der Waals surface area (Å²) in [5, 5.41) is 12.7. The van der Waals surface area contributed by atoms with Gasteiger partial charge in [-0.25, -0.2) is 0 Å². The van der Waals surface area contributed by atoms with Gasteiger partial charge >= 0.3 is 0 Å². The van der Waals surface area contributed by atoms with Crippen LogP contribution in [0.5, 0.6) is 5.75 Å². The fourth-order valence-corrected chi connectivity index (χ4v) is 2.75. The van der Waals surface area contributed by atoms with Crippen LogP contribution >= 0.6 is 11.6 Å². The van der Waals surface area contributed by atoms with E-state index < -0.39 is 23.2 Å². The van der Waals surface area contributed by atoms with Crippen LogP contribution in [0.3, 0.4) is 0 Å². The van der Waals surface area contributed by atoms with Crippen molar-refractivity contribution in [2.24, 2.45) is 0 Å². The second-order valence-corrected chi connectivity index (χ2v) is 5.30. The molecule has 0 heterocycles. The molecular weight excluding hydrogens is 306 g/mol. The molecule has 0 aromatic heterocycles. The van der Waals surface area contributed by atoms with Crippen LogP contribution in [0.4, 0.5) is 5.69 Å². The first kappa shape index (κ1) is 14.3. The predicted octanol–water partition coefficient (Wildman–Crippen LogP) is 2.78. The second kappa shape index (κ2) is 4.96. The maximum atomic E-state index is 12.6. The van der Waals surface area contributed by atoms with Gasteiger partial charge in [-0.2, -0.15) is 0 Å². The van der Waals surface area contributed by atoms with Gasteiger partial charge in [0.25, 0.3) is 0 Å². The van der Waals surface area contributed by atoms with Crippen LogP contribution in [0.15, 0.2) is 30.3 Å². The fraction of sp³-hybridized carbons (Fsp3) is 0.0625. The van der Waals surface area contributed by atoms with Crippen LogP contribution in [-0.2, 0) is 4.79 Å². The van der Waals surface area contributed by atoms with Gasteiger partial charge in [0.2, 0.25) is 5.91 Å². The molecule has 0 unspecified atom stereocenters. The number of rotatable bonds is 1. The van der Waals surface area contributed by atoms with Crippen LogP contribution in [0, 0.1) is 0 Å². The molecule has 1 aliphatic carbocycles. The first-order chi connectivity index (χ1) is 10.4. The van der Waals surface area contributed by atoms with Crippen molar-refractivity contribution in [3.63, 3.8) is 0 Å². The standard InChI is InChI=1S/C16H10ClNO4/c1-7(19)18-13-11(17)6-10-12(16(13)22)15(21)9-5-3-2-4-8(9)14(10)20/h2-6,22H,1H3,(H,18,19). The summed E-state index contributed by atoms with van der Waals surface area (Å²) in [4.78, 5) is 36.2. The highest BCUT2D eigenvalue weighted by molar-refractivity contribution is 6.37. The number of halogens is 1. The Bertz CT molecular complexity index is 857. The predicted molar refractivity (Wildman–Crippen MR) is 80.7 cm³/mol. The molecule has 1 amide bonds. The minimum absolute atomic E-state index is 0.00742. The highest BCUT2D eigenvalue weighted by Crippen LogP contribution is 2.41. The van der Waals surface area contributed by atoms with Crippen LogP contribution in [0.25, 0.3) is 0 Å². The number of ketones is 2. The van der Waals surface area contributed by atoms with E-state index in [4.69, 9.17) is 11.6 Å². The minimum Gasteiger partial charge on any atom is -0.505 e. The van der Waals surface area contributed by atoms with Gasteiger partial charge < -0.3 is 10.4 Å². The monoisotopic (exact) mass is 315 g/mol. The Labute approximate surface area is 130 Å². The van der Waals surface area contributed by atoms with E-state index in [1.807, 2.05) is 0 Å². The van der Waals surface area contributed by atoms with E-state index in [9.17, 15) is 19.5 Å². The molecule has 1 aliphatic rings. The molecule has 5 nitrogen and oxygen atoms in total. The number of carbonyl (C=O) groups is 3. The molecule has 0 spiro atoms. The lowest BCUT2D eigenvalue weighted by Crippen LogP contribution is -2.22. The highest BCUT2D eigenvalue weighted by Gasteiger charge is 2.34. The molecule has 0 saturated carbocycles. The molecule has 2 aromatic carbocycles. The molecule has 6 heteroatoms. The van der Waals surface area contributed by atoms with Gasteiger partial charge in [-0.1, -0.05) is 35.9 Å². The van der Waals surface area contributed by atoms with Crippen LogP contribution < -0.4 is 5.32 Å². The van der Waals surface area contributed by atoms with Crippen molar-refractivity contribution >= 4 is 34.8 Å². The molecule has 0 bridgehead atoms. The Kier molecular flexibility index (Phi) is 3.22. The molecule has 110 valence electrons. The number of carbonyl (C=O) groups excluding carboxylic acids is 3. The third kappa shape index (κ3) is 1.98. The lowest BCUT2D eigenvalue weighted by atomic mass is 9.83. The van der Waals surface area contributed by atoms with Gasteiger partial charge in [-0.3, -0.25) is 14.4 Å². The van der Waals surface area contributed by atoms with E-state index >= 15 is 0 Å². The van der Waals surface area contributed by atoms with Gasteiger partial charge in [0, 0.05) is 23.6 Å². The lowest BCUT2D eigenvalue weighted by Gasteiger charge is -2.20. The van der Waals surface area contributed by atoms with Crippen molar-refractivity contribution in [1.29, 1.82) is 0 Å². The lowest BCUT2D eigenvalue weighted by molar-refractivity contribution is -0.114. The van der Waals surface area contributed by atoms with Crippen LogP contribution in [-0.4, -0.2) is 22.6 Å². The number of nitrogens with one attached hydrogen (secondary N) is 1. The molecular formula is C16H10ClNO4. The summed E-state index contributed by atoms with van der Waals surface area (Å²) in [5.41, 5.74) is 0.291. The average Bonchev–Trinajstić information content (AvgIpc) is 2.48. The van der Waals surface area contributed by atoms with Gasteiger partial charge in [0.15, 0.2) is 17.3 Å². The smallest absolute Gasteiger partial charge is 0.221 e. The quantitative estimate of drug-likeness (QED) is 0.676. The first-order valence-corrected chi connectivity index (χ1v) is 6.81. The Morgan fingerprint density at radius 1 is 1.09 bits per heavy atom. The van der Waals surface area contributed by atoms with E-state index in [1.54, 1.807) is 18.2 Å². The van der Waals surface area contributed by atoms with Gasteiger partial charge in [0.1, 0.15) is 5.69 Å². The van der Waals surface area contributed by atoms with Crippen molar-refractivity contribution in [2.75, 3.05) is 5.32 Å². The molecule has 22 heavy (non-hydrogen) atoms. The molecule has 2 aromatic rings. The number of fused-ring (bicyclic) bond motifs is 2. The topological polar surface area (TPSA) is 83.5 Å². The van der Waals surface area contributed by atoms with E-state index in [0.29, 0.717) is 0 Å². The maximum Gasteiger partial charge on any atom is 0.221 e. The van der Waals surface area contributed by atoms with Crippen molar-refractivity contribution in [3.05, 3.63) is 57.6 Å². The number of hydrogen-bond donors (Lipinski definition) is 2. The summed E-state index contributed by atoms with van der Waals surface area (Å²) >= 11 is 6.01. The number of hydrogen-bond acceptors (Lipinski definition) is 4. The number of amides is 1. The van der Waals surface area contributed by atoms with Crippen molar-refractivity contribution < 1.29 is 19.5 Å². The molecule has 3 rings (SSSR count). The first-order valence-electron chi connectivity index (χ1n) is 6.43. The van der Waals surface area contributed by atoms with E-state index in [2.05, 4.69) is 5.32 Å². The molecule has 0 fully saturated rings. The summed E-state index contributed by atoms with van der Waals surface area (Å²) in [6.07, 6.45) is 0. The summed E-state index contributed by atoms with van der Waals surface area (Å²) in [6, 6.07) is 7.65. The number of anilines is 1. The Balaban J connectivity index is 2.29. The zero-order valence-corrected chi connectivity index (χ0v) is 12.2. The average molecular weight is 316 g/mol. The number of phenols is 1. The number of aromatic hydroxyl groups is 1. The zero-order chi connectivity index (χ0) is 16.0. The summed E-state index contributed by atoms with van der Waals surface area (Å²) in [6.45, 7) is 1.25.